The number of ether oxygens (including phenoxy) is 1. The number of carbonyl (C=O) groups is 2. The Kier molecular flexibility index (Phi) is 5.46. The van der Waals surface area contributed by atoms with Crippen LogP contribution in [0.1, 0.15) is 17.3 Å². The SMILES string of the molecule is CC(Oc1ccc(F)cc1)C(=O)NNC(=O)c1ccc(-n2ccnc2)cc1. The van der Waals surface area contributed by atoms with Gasteiger partial charge in [-0.1, -0.05) is 0 Å². The van der Waals surface area contributed by atoms with Gasteiger partial charge in [0.2, 0.25) is 0 Å². The summed E-state index contributed by atoms with van der Waals surface area (Å²) in [4.78, 5) is 28.1. The molecule has 0 aliphatic rings. The smallest absolute Gasteiger partial charge is 0.279 e. The Morgan fingerprint density at radius 2 is 1.78 bits per heavy atom. The van der Waals surface area contributed by atoms with E-state index >= 15 is 0 Å². The standard InChI is InChI=1S/C19H17FN4O3/c1-13(27-17-8-4-15(20)5-9-17)18(25)22-23-19(26)14-2-6-16(7-3-14)24-11-10-21-12-24/h2-13H,1H3,(H,22,25)(H,23,26). The van der Waals surface area contributed by atoms with E-state index in [1.54, 1.807) is 47.6 Å². The van der Waals surface area contributed by atoms with Gasteiger partial charge in [0.25, 0.3) is 11.8 Å². The number of nitrogens with zero attached hydrogens (tertiary/aromatic N) is 2. The number of imidazole rings is 1. The highest BCUT2D eigenvalue weighted by Gasteiger charge is 2.16. The summed E-state index contributed by atoms with van der Waals surface area (Å²) in [7, 11) is 0. The van der Waals surface area contributed by atoms with Crippen molar-refractivity contribution in [3.05, 3.63) is 78.6 Å². The van der Waals surface area contributed by atoms with Gasteiger partial charge in [0, 0.05) is 23.6 Å². The quantitative estimate of drug-likeness (QED) is 0.677. The van der Waals surface area contributed by atoms with Gasteiger partial charge in [-0.2, -0.15) is 0 Å². The molecule has 7 nitrogen and oxygen atoms in total. The summed E-state index contributed by atoms with van der Waals surface area (Å²) in [5.74, 6) is -1.05. The van der Waals surface area contributed by atoms with Crippen LogP contribution >= 0.6 is 0 Å². The third-order valence-electron chi connectivity index (χ3n) is 3.73. The topological polar surface area (TPSA) is 85.3 Å². The van der Waals surface area contributed by atoms with Gasteiger partial charge in [-0.15, -0.1) is 0 Å². The monoisotopic (exact) mass is 368 g/mol. The normalized spacial score (nSPS) is 11.5. The molecule has 2 aromatic carbocycles. The Hall–Kier alpha value is -3.68. The van der Waals surface area contributed by atoms with E-state index < -0.39 is 23.7 Å². The Labute approximate surface area is 154 Å². The summed E-state index contributed by atoms with van der Waals surface area (Å²) in [6.07, 6.45) is 4.22. The van der Waals surface area contributed by atoms with Crippen LogP contribution in [0.3, 0.4) is 0 Å². The number of nitrogens with one attached hydrogen (secondary N) is 2. The molecule has 0 saturated carbocycles. The van der Waals surface area contributed by atoms with Gasteiger partial charge in [-0.25, -0.2) is 9.37 Å². The van der Waals surface area contributed by atoms with Gasteiger partial charge in [0.15, 0.2) is 6.10 Å². The fourth-order valence-electron chi connectivity index (χ4n) is 2.26. The minimum atomic E-state index is -0.876. The molecule has 1 atom stereocenters. The molecule has 2 N–H and O–H groups in total. The lowest BCUT2D eigenvalue weighted by atomic mass is 10.2. The Morgan fingerprint density at radius 1 is 1.07 bits per heavy atom. The first kappa shape index (κ1) is 18.1. The van der Waals surface area contributed by atoms with Crippen LogP contribution in [0.4, 0.5) is 4.39 Å². The van der Waals surface area contributed by atoms with Crippen molar-refractivity contribution < 1.29 is 18.7 Å². The molecule has 1 aromatic heterocycles. The van der Waals surface area contributed by atoms with Crippen LogP contribution in [-0.2, 0) is 4.79 Å². The van der Waals surface area contributed by atoms with Crippen molar-refractivity contribution in [2.45, 2.75) is 13.0 Å². The lowest BCUT2D eigenvalue weighted by Crippen LogP contribution is -2.47. The van der Waals surface area contributed by atoms with Gasteiger partial charge in [-0.3, -0.25) is 20.4 Å². The van der Waals surface area contributed by atoms with Crippen molar-refractivity contribution in [3.8, 4) is 11.4 Å². The van der Waals surface area contributed by atoms with E-state index in [0.717, 1.165) is 5.69 Å². The second-order valence-corrected chi connectivity index (χ2v) is 5.67. The van der Waals surface area contributed by atoms with Crippen LogP contribution in [0, 0.1) is 5.82 Å². The fourth-order valence-corrected chi connectivity index (χ4v) is 2.26. The van der Waals surface area contributed by atoms with Gasteiger partial charge in [0.1, 0.15) is 11.6 Å². The first-order valence-corrected chi connectivity index (χ1v) is 8.14. The minimum absolute atomic E-state index is 0.348. The van der Waals surface area contributed by atoms with Gasteiger partial charge in [-0.05, 0) is 55.5 Å². The fraction of sp³-hybridized carbons (Fsp3) is 0.105. The molecule has 0 fully saturated rings. The van der Waals surface area contributed by atoms with E-state index in [1.807, 2.05) is 0 Å². The third kappa shape index (κ3) is 4.69. The maximum absolute atomic E-state index is 12.9. The van der Waals surface area contributed by atoms with Gasteiger partial charge < -0.3 is 9.30 Å². The maximum atomic E-state index is 12.9. The van der Waals surface area contributed by atoms with Crippen LogP contribution in [0.25, 0.3) is 5.69 Å². The maximum Gasteiger partial charge on any atom is 0.279 e. The molecule has 0 radical (unpaired) electrons. The number of hydrazine groups is 1. The van der Waals surface area contributed by atoms with Crippen molar-refractivity contribution in [3.63, 3.8) is 0 Å². The molecule has 27 heavy (non-hydrogen) atoms. The Morgan fingerprint density at radius 3 is 2.41 bits per heavy atom. The zero-order valence-corrected chi connectivity index (χ0v) is 14.4. The van der Waals surface area contributed by atoms with Crippen LogP contribution in [-0.4, -0.2) is 27.5 Å². The summed E-state index contributed by atoms with van der Waals surface area (Å²) < 4.78 is 20.1. The molecular weight excluding hydrogens is 351 g/mol. The van der Waals surface area contributed by atoms with E-state index in [4.69, 9.17) is 4.74 Å². The molecule has 1 unspecified atom stereocenters. The largest absolute Gasteiger partial charge is 0.481 e. The molecule has 0 aliphatic carbocycles. The van der Waals surface area contributed by atoms with Crippen LogP contribution in [0.5, 0.6) is 5.75 Å². The Bertz CT molecular complexity index is 909. The summed E-state index contributed by atoms with van der Waals surface area (Å²) in [5.41, 5.74) is 5.87. The number of amides is 2. The first-order chi connectivity index (χ1) is 13.0. The summed E-state index contributed by atoms with van der Waals surface area (Å²) >= 11 is 0. The van der Waals surface area contributed by atoms with E-state index in [9.17, 15) is 14.0 Å². The van der Waals surface area contributed by atoms with E-state index in [2.05, 4.69) is 15.8 Å². The molecule has 1 heterocycles. The molecule has 3 aromatic rings. The molecule has 138 valence electrons. The van der Waals surface area contributed by atoms with Gasteiger partial charge >= 0.3 is 0 Å². The molecule has 2 amide bonds. The second-order valence-electron chi connectivity index (χ2n) is 5.67. The van der Waals surface area contributed by atoms with Crippen LogP contribution in [0.15, 0.2) is 67.3 Å². The molecule has 0 aliphatic heterocycles. The number of aromatic nitrogens is 2. The average Bonchev–Trinajstić information content (AvgIpc) is 3.22. The lowest BCUT2D eigenvalue weighted by molar-refractivity contribution is -0.128. The molecular formula is C19H17FN4O3. The first-order valence-electron chi connectivity index (χ1n) is 8.14. The number of hydrogen-bond donors (Lipinski definition) is 2. The van der Waals surface area contributed by atoms with E-state index in [-0.39, 0.29) is 0 Å². The Balaban J connectivity index is 1.52. The summed E-state index contributed by atoms with van der Waals surface area (Å²) in [5, 5.41) is 0. The van der Waals surface area contributed by atoms with E-state index in [0.29, 0.717) is 11.3 Å². The lowest BCUT2D eigenvalue weighted by Gasteiger charge is -2.15. The number of benzene rings is 2. The van der Waals surface area contributed by atoms with Crippen molar-refractivity contribution in [1.82, 2.24) is 20.4 Å². The van der Waals surface area contributed by atoms with E-state index in [1.165, 1.54) is 31.2 Å². The van der Waals surface area contributed by atoms with Gasteiger partial charge in [0.05, 0.1) is 6.33 Å². The number of rotatable bonds is 5. The number of halogens is 1. The highest BCUT2D eigenvalue weighted by molar-refractivity contribution is 5.95. The molecule has 8 heteroatoms. The summed E-state index contributed by atoms with van der Waals surface area (Å²) in [6.45, 7) is 1.52. The number of carbonyl (C=O) groups excluding carboxylic acids is 2. The highest BCUT2D eigenvalue weighted by Crippen LogP contribution is 2.13. The van der Waals surface area contributed by atoms with Crippen molar-refractivity contribution in [2.24, 2.45) is 0 Å². The van der Waals surface area contributed by atoms with Crippen LogP contribution < -0.4 is 15.6 Å². The second kappa shape index (κ2) is 8.13. The molecule has 0 bridgehead atoms. The predicted octanol–water partition coefficient (Wildman–Crippen LogP) is 2.24. The average molecular weight is 368 g/mol. The highest BCUT2D eigenvalue weighted by atomic mass is 19.1. The third-order valence-corrected chi connectivity index (χ3v) is 3.73. The minimum Gasteiger partial charge on any atom is -0.481 e. The zero-order chi connectivity index (χ0) is 19.2. The van der Waals surface area contributed by atoms with Crippen molar-refractivity contribution in [2.75, 3.05) is 0 Å². The van der Waals surface area contributed by atoms with Crippen molar-refractivity contribution >= 4 is 11.8 Å². The number of hydrogen-bond acceptors (Lipinski definition) is 4. The summed E-state index contributed by atoms with van der Waals surface area (Å²) in [6, 6.07) is 12.1. The zero-order valence-electron chi connectivity index (χ0n) is 14.4. The van der Waals surface area contributed by atoms with Crippen molar-refractivity contribution in [1.29, 1.82) is 0 Å². The molecule has 3 rings (SSSR count). The van der Waals surface area contributed by atoms with Crippen LogP contribution in [0.2, 0.25) is 0 Å². The molecule has 0 spiro atoms. The molecule has 0 saturated heterocycles. The predicted molar refractivity (Wildman–Crippen MR) is 95.7 cm³/mol.